The summed E-state index contributed by atoms with van der Waals surface area (Å²) in [6.07, 6.45) is 1.84. The predicted octanol–water partition coefficient (Wildman–Crippen LogP) is 2.98. The summed E-state index contributed by atoms with van der Waals surface area (Å²) in [5.74, 6) is -0.406. The van der Waals surface area contributed by atoms with Crippen LogP contribution in [0.25, 0.3) is 0 Å². The van der Waals surface area contributed by atoms with E-state index >= 15 is 0 Å². The maximum absolute atomic E-state index is 12.9. The summed E-state index contributed by atoms with van der Waals surface area (Å²) >= 11 is 0. The molecule has 120 valence electrons. The number of amides is 1. The molecule has 1 amide bonds. The second-order valence-electron chi connectivity index (χ2n) is 5.40. The molecule has 0 unspecified atom stereocenters. The van der Waals surface area contributed by atoms with Crippen LogP contribution in [-0.4, -0.2) is 14.3 Å². The molecule has 0 bridgehead atoms. The third kappa shape index (κ3) is 3.87. The number of hydrogen-bond acceptors (Lipinski definition) is 3. The Morgan fingerprint density at radius 2 is 1.52 bits per heavy atom. The lowest BCUT2D eigenvalue weighted by Crippen LogP contribution is -2.14. The summed E-state index contributed by atoms with van der Waals surface area (Å²) < 4.78 is 39.6. The van der Waals surface area contributed by atoms with Gasteiger partial charge in [0, 0.05) is 17.3 Å². The molecule has 2 aromatic rings. The summed E-state index contributed by atoms with van der Waals surface area (Å²) in [7, 11) is -3.77. The maximum atomic E-state index is 12.9. The van der Waals surface area contributed by atoms with Crippen molar-refractivity contribution in [1.82, 2.24) is 0 Å². The van der Waals surface area contributed by atoms with E-state index in [0.29, 0.717) is 11.4 Å². The molecule has 2 N–H and O–H groups in total. The molecule has 0 radical (unpaired) electrons. The zero-order chi connectivity index (χ0) is 16.4. The molecular weight excluding hydrogens is 319 g/mol. The first-order valence-corrected chi connectivity index (χ1v) is 8.62. The van der Waals surface area contributed by atoms with Gasteiger partial charge in [-0.2, -0.15) is 0 Å². The van der Waals surface area contributed by atoms with Gasteiger partial charge >= 0.3 is 0 Å². The normalized spacial score (nSPS) is 14.3. The molecule has 0 aromatic heterocycles. The fourth-order valence-corrected chi connectivity index (χ4v) is 3.10. The highest BCUT2D eigenvalue weighted by molar-refractivity contribution is 7.92. The van der Waals surface area contributed by atoms with Gasteiger partial charge in [0.25, 0.3) is 10.0 Å². The number of hydrogen-bond donors (Lipinski definition) is 2. The van der Waals surface area contributed by atoms with Crippen molar-refractivity contribution < 1.29 is 17.6 Å². The van der Waals surface area contributed by atoms with Crippen LogP contribution >= 0.6 is 0 Å². The van der Waals surface area contributed by atoms with Crippen molar-refractivity contribution in [3.63, 3.8) is 0 Å². The molecule has 1 aliphatic carbocycles. The molecule has 1 fully saturated rings. The highest BCUT2D eigenvalue weighted by atomic mass is 32.2. The van der Waals surface area contributed by atoms with Crippen LogP contribution in [0.4, 0.5) is 15.8 Å². The van der Waals surface area contributed by atoms with Gasteiger partial charge in [-0.05, 0) is 61.4 Å². The summed E-state index contributed by atoms with van der Waals surface area (Å²) in [5.41, 5.74) is 0.977. The number of carbonyl (C=O) groups is 1. The van der Waals surface area contributed by atoms with Gasteiger partial charge in [-0.1, -0.05) is 0 Å². The molecule has 1 aliphatic rings. The van der Waals surface area contributed by atoms with Gasteiger partial charge in [-0.3, -0.25) is 9.52 Å². The lowest BCUT2D eigenvalue weighted by molar-refractivity contribution is -0.117. The van der Waals surface area contributed by atoms with Gasteiger partial charge in [-0.25, -0.2) is 12.8 Å². The van der Waals surface area contributed by atoms with Gasteiger partial charge in [-0.15, -0.1) is 0 Å². The van der Waals surface area contributed by atoms with Crippen molar-refractivity contribution in [2.45, 2.75) is 17.7 Å². The van der Waals surface area contributed by atoms with Crippen LogP contribution in [0.5, 0.6) is 0 Å². The number of carbonyl (C=O) groups excluding carboxylic acids is 1. The van der Waals surface area contributed by atoms with Crippen molar-refractivity contribution in [3.8, 4) is 0 Å². The average Bonchev–Trinajstić information content (AvgIpc) is 3.34. The van der Waals surface area contributed by atoms with Crippen molar-refractivity contribution in [2.75, 3.05) is 10.0 Å². The third-order valence-corrected chi connectivity index (χ3v) is 4.87. The molecular formula is C16H15FN2O3S. The Kier molecular flexibility index (Phi) is 4.04. The van der Waals surface area contributed by atoms with Crippen LogP contribution in [0.1, 0.15) is 12.8 Å². The monoisotopic (exact) mass is 334 g/mol. The molecule has 1 saturated carbocycles. The van der Waals surface area contributed by atoms with Crippen LogP contribution < -0.4 is 10.0 Å². The molecule has 0 heterocycles. The number of nitrogens with one attached hydrogen (secondary N) is 2. The molecule has 7 heteroatoms. The van der Waals surface area contributed by atoms with Crippen molar-refractivity contribution in [1.29, 1.82) is 0 Å². The van der Waals surface area contributed by atoms with Crippen LogP contribution in [-0.2, 0) is 14.8 Å². The van der Waals surface area contributed by atoms with E-state index in [1.807, 2.05) is 0 Å². The molecule has 0 saturated heterocycles. The van der Waals surface area contributed by atoms with E-state index < -0.39 is 15.8 Å². The highest BCUT2D eigenvalue weighted by Gasteiger charge is 2.29. The molecule has 0 aliphatic heterocycles. The van der Waals surface area contributed by atoms with E-state index in [2.05, 4.69) is 10.0 Å². The zero-order valence-electron chi connectivity index (χ0n) is 12.1. The van der Waals surface area contributed by atoms with Crippen LogP contribution in [0, 0.1) is 11.7 Å². The van der Waals surface area contributed by atoms with Crippen molar-refractivity contribution >= 4 is 27.3 Å². The van der Waals surface area contributed by atoms with E-state index in [0.717, 1.165) is 25.0 Å². The van der Waals surface area contributed by atoms with Crippen molar-refractivity contribution in [3.05, 3.63) is 54.3 Å². The second-order valence-corrected chi connectivity index (χ2v) is 7.08. The third-order valence-electron chi connectivity index (χ3n) is 3.48. The van der Waals surface area contributed by atoms with Crippen LogP contribution in [0.3, 0.4) is 0 Å². The SMILES string of the molecule is O=C(Nc1ccc(NS(=O)(=O)c2ccc(F)cc2)cc1)C1CC1. The minimum absolute atomic E-state index is 0.00959. The first kappa shape index (κ1) is 15.5. The molecule has 5 nitrogen and oxygen atoms in total. The topological polar surface area (TPSA) is 75.3 Å². The summed E-state index contributed by atoms with van der Waals surface area (Å²) in [5, 5.41) is 2.77. The lowest BCUT2D eigenvalue weighted by atomic mass is 10.2. The Labute approximate surface area is 133 Å². The number of halogens is 1. The van der Waals surface area contributed by atoms with E-state index in [-0.39, 0.29) is 16.7 Å². The Hall–Kier alpha value is -2.41. The molecule has 0 atom stereocenters. The first-order chi connectivity index (χ1) is 10.9. The Bertz CT molecular complexity index is 813. The minimum Gasteiger partial charge on any atom is -0.326 e. The second kappa shape index (κ2) is 6.00. The Morgan fingerprint density at radius 3 is 2.09 bits per heavy atom. The van der Waals surface area contributed by atoms with E-state index in [9.17, 15) is 17.6 Å². The first-order valence-electron chi connectivity index (χ1n) is 7.13. The molecule has 3 rings (SSSR count). The highest BCUT2D eigenvalue weighted by Crippen LogP contribution is 2.30. The van der Waals surface area contributed by atoms with Crippen LogP contribution in [0.2, 0.25) is 0 Å². The zero-order valence-corrected chi connectivity index (χ0v) is 12.9. The molecule has 2 aromatic carbocycles. The van der Waals surface area contributed by atoms with Gasteiger partial charge < -0.3 is 5.32 Å². The number of sulfonamides is 1. The summed E-state index contributed by atoms with van der Waals surface area (Å²) in [6.45, 7) is 0. The largest absolute Gasteiger partial charge is 0.326 e. The fourth-order valence-electron chi connectivity index (χ4n) is 2.04. The summed E-state index contributed by atoms with van der Waals surface area (Å²) in [6, 6.07) is 10.9. The quantitative estimate of drug-likeness (QED) is 0.883. The molecule has 23 heavy (non-hydrogen) atoms. The Morgan fingerprint density at radius 1 is 0.957 bits per heavy atom. The average molecular weight is 334 g/mol. The standard InChI is InChI=1S/C16H15FN2O3S/c17-12-3-9-15(10-4-12)23(21,22)19-14-7-5-13(6-8-14)18-16(20)11-1-2-11/h3-11,19H,1-2H2,(H,18,20). The molecule has 0 spiro atoms. The smallest absolute Gasteiger partial charge is 0.261 e. The van der Waals surface area contributed by atoms with Gasteiger partial charge in [0.05, 0.1) is 4.90 Å². The van der Waals surface area contributed by atoms with E-state index in [4.69, 9.17) is 0 Å². The summed E-state index contributed by atoms with van der Waals surface area (Å²) in [4.78, 5) is 11.6. The van der Waals surface area contributed by atoms with Gasteiger partial charge in [0.2, 0.25) is 5.91 Å². The minimum atomic E-state index is -3.77. The van der Waals surface area contributed by atoms with Crippen LogP contribution in [0.15, 0.2) is 53.4 Å². The number of rotatable bonds is 5. The number of benzene rings is 2. The maximum Gasteiger partial charge on any atom is 0.261 e. The lowest BCUT2D eigenvalue weighted by Gasteiger charge is -2.09. The number of anilines is 2. The van der Waals surface area contributed by atoms with E-state index in [1.54, 1.807) is 24.3 Å². The fraction of sp³-hybridized carbons (Fsp3) is 0.188. The van der Waals surface area contributed by atoms with Gasteiger partial charge in [0.15, 0.2) is 0 Å². The Balaban J connectivity index is 1.69. The van der Waals surface area contributed by atoms with Gasteiger partial charge in [0.1, 0.15) is 5.82 Å². The predicted molar refractivity (Wildman–Crippen MR) is 85.0 cm³/mol. The van der Waals surface area contributed by atoms with Crippen molar-refractivity contribution in [2.24, 2.45) is 5.92 Å². The van der Waals surface area contributed by atoms with E-state index in [1.165, 1.54) is 12.1 Å².